The number of nitrogens with zero attached hydrogens (tertiary/aromatic N) is 1. The number of hydrogen-bond acceptors (Lipinski definition) is 5. The molecule has 1 amide bonds. The van der Waals surface area contributed by atoms with Gasteiger partial charge in [0.2, 0.25) is 0 Å². The van der Waals surface area contributed by atoms with Gasteiger partial charge in [-0.3, -0.25) is 10.1 Å². The summed E-state index contributed by atoms with van der Waals surface area (Å²) in [5, 5.41) is 12.9. The van der Waals surface area contributed by atoms with Crippen molar-refractivity contribution in [2.24, 2.45) is 0 Å². The van der Waals surface area contributed by atoms with E-state index in [0.717, 1.165) is 32.7 Å². The lowest BCUT2D eigenvalue weighted by Gasteiger charge is -2.11. The molecule has 6 nitrogen and oxygen atoms in total. The molecule has 0 radical (unpaired) electrons. The van der Waals surface area contributed by atoms with Crippen molar-refractivity contribution < 1.29 is 19.4 Å². The summed E-state index contributed by atoms with van der Waals surface area (Å²) in [6, 6.07) is 22.9. The summed E-state index contributed by atoms with van der Waals surface area (Å²) in [6.45, 7) is 1.95. The first-order chi connectivity index (χ1) is 17.4. The quantitative estimate of drug-likeness (QED) is 0.268. The van der Waals surface area contributed by atoms with Gasteiger partial charge in [0.05, 0.1) is 21.7 Å². The maximum absolute atomic E-state index is 12.5. The molecular formula is C28H23ClN2O4S. The van der Waals surface area contributed by atoms with Gasteiger partial charge < -0.3 is 9.84 Å². The number of carbonyl (C=O) groups excluding carboxylic acids is 1. The van der Waals surface area contributed by atoms with Crippen LogP contribution in [0.2, 0.25) is 5.02 Å². The number of hydrogen-bond donors (Lipinski definition) is 2. The van der Waals surface area contributed by atoms with Crippen LogP contribution in [0.15, 0.2) is 72.8 Å². The maximum Gasteiger partial charge on any atom is 0.412 e. The molecule has 4 aromatic rings. The lowest BCUT2D eigenvalue weighted by Crippen LogP contribution is -2.19. The number of amides is 1. The van der Waals surface area contributed by atoms with E-state index in [1.165, 1.54) is 11.5 Å². The number of nitrogens with one attached hydrogen (secondary N) is 1. The molecule has 0 unspecified atom stereocenters. The van der Waals surface area contributed by atoms with Crippen LogP contribution in [0.1, 0.15) is 29.7 Å². The van der Waals surface area contributed by atoms with Gasteiger partial charge in [0.25, 0.3) is 0 Å². The average Bonchev–Trinajstić information content (AvgIpc) is 3.63. The van der Waals surface area contributed by atoms with Crippen LogP contribution in [0.3, 0.4) is 0 Å². The largest absolute Gasteiger partial charge is 0.481 e. The van der Waals surface area contributed by atoms with Crippen LogP contribution < -0.4 is 5.32 Å². The van der Waals surface area contributed by atoms with Crippen LogP contribution in [0.25, 0.3) is 21.6 Å². The second kappa shape index (κ2) is 9.76. The molecule has 1 aliphatic rings. The fraction of sp³-hybridized carbons (Fsp3) is 0.179. The van der Waals surface area contributed by atoms with E-state index in [2.05, 4.69) is 9.69 Å². The van der Waals surface area contributed by atoms with Crippen LogP contribution in [0.4, 0.5) is 10.5 Å². The topological polar surface area (TPSA) is 88.5 Å². The highest BCUT2D eigenvalue weighted by Crippen LogP contribution is 2.48. The van der Waals surface area contributed by atoms with Gasteiger partial charge in [-0.25, -0.2) is 4.79 Å². The minimum Gasteiger partial charge on any atom is -0.481 e. The van der Waals surface area contributed by atoms with Gasteiger partial charge >= 0.3 is 12.1 Å². The molecule has 36 heavy (non-hydrogen) atoms. The Morgan fingerprint density at radius 1 is 1.03 bits per heavy atom. The van der Waals surface area contributed by atoms with E-state index in [1.807, 2.05) is 67.6 Å². The van der Waals surface area contributed by atoms with Crippen molar-refractivity contribution in [2.45, 2.75) is 31.8 Å². The summed E-state index contributed by atoms with van der Waals surface area (Å²) in [7, 11) is 0. The van der Waals surface area contributed by atoms with Crippen LogP contribution in [-0.2, 0) is 21.6 Å². The molecule has 8 heteroatoms. The highest BCUT2D eigenvalue weighted by Gasteiger charge is 2.51. The van der Waals surface area contributed by atoms with E-state index in [9.17, 15) is 14.7 Å². The Hall–Kier alpha value is -3.68. The summed E-state index contributed by atoms with van der Waals surface area (Å²) in [4.78, 5) is 24.9. The monoisotopic (exact) mass is 518 g/mol. The van der Waals surface area contributed by atoms with Gasteiger partial charge in [-0.1, -0.05) is 72.3 Å². The summed E-state index contributed by atoms with van der Waals surface area (Å²) in [5.74, 6) is -0.753. The van der Waals surface area contributed by atoms with Gasteiger partial charge in [-0.15, -0.1) is 0 Å². The normalized spacial score (nSPS) is 13.7. The second-order valence-corrected chi connectivity index (χ2v) is 10.1. The number of aryl methyl sites for hydroxylation is 1. The molecule has 3 aromatic carbocycles. The molecule has 0 saturated heterocycles. The maximum atomic E-state index is 12.5. The molecule has 0 bridgehead atoms. The molecule has 1 aromatic heterocycles. The Balaban J connectivity index is 1.28. The fourth-order valence-electron chi connectivity index (χ4n) is 4.17. The zero-order valence-electron chi connectivity index (χ0n) is 19.5. The van der Waals surface area contributed by atoms with Crippen LogP contribution in [0.5, 0.6) is 0 Å². The van der Waals surface area contributed by atoms with Gasteiger partial charge in [-0.05, 0) is 71.2 Å². The molecule has 2 N–H and O–H groups in total. The standard InChI is InChI=1S/C28H23ClN2O4S/c1-17-24(30-27(34)35-16-18-3-2-4-23(29)15-18)25(36-31-17)21-7-5-19(6-8-21)20-9-11-22(12-10-20)28(13-14-28)26(32)33/h2-12,15H,13-14,16H2,1H3,(H,30,34)(H,32,33). The van der Waals surface area contributed by atoms with Crippen molar-refractivity contribution in [1.29, 1.82) is 0 Å². The number of halogens is 1. The molecule has 1 heterocycles. The summed E-state index contributed by atoms with van der Waals surface area (Å²) in [6.07, 6.45) is 0.815. The summed E-state index contributed by atoms with van der Waals surface area (Å²) >= 11 is 7.30. The predicted octanol–water partition coefficient (Wildman–Crippen LogP) is 7.30. The van der Waals surface area contributed by atoms with Crippen molar-refractivity contribution in [3.05, 3.63) is 94.6 Å². The van der Waals surface area contributed by atoms with Gasteiger partial charge in [0, 0.05) is 5.02 Å². The number of aromatic nitrogens is 1. The molecular weight excluding hydrogens is 496 g/mol. The molecule has 1 saturated carbocycles. The third-order valence-corrected chi connectivity index (χ3v) is 7.65. The lowest BCUT2D eigenvalue weighted by atomic mass is 9.93. The minimum atomic E-state index is -0.753. The number of carbonyl (C=O) groups is 2. The Morgan fingerprint density at radius 2 is 1.67 bits per heavy atom. The van der Waals surface area contributed by atoms with Gasteiger partial charge in [0.15, 0.2) is 0 Å². The van der Waals surface area contributed by atoms with Crippen molar-refractivity contribution in [2.75, 3.05) is 5.32 Å². The van der Waals surface area contributed by atoms with Crippen molar-refractivity contribution in [1.82, 2.24) is 4.37 Å². The molecule has 5 rings (SSSR count). The Labute approximate surface area is 217 Å². The van der Waals surface area contributed by atoms with Gasteiger partial charge in [-0.2, -0.15) is 4.37 Å². The van der Waals surface area contributed by atoms with Crippen molar-refractivity contribution in [3.63, 3.8) is 0 Å². The predicted molar refractivity (Wildman–Crippen MR) is 142 cm³/mol. The first-order valence-electron chi connectivity index (χ1n) is 11.4. The lowest BCUT2D eigenvalue weighted by molar-refractivity contribution is -0.140. The minimum absolute atomic E-state index is 0.111. The Bertz CT molecular complexity index is 1430. The second-order valence-electron chi connectivity index (χ2n) is 8.85. The number of carboxylic acids is 1. The Morgan fingerprint density at radius 3 is 2.28 bits per heavy atom. The number of anilines is 1. The molecule has 182 valence electrons. The van der Waals surface area contributed by atoms with E-state index < -0.39 is 17.5 Å². The smallest absolute Gasteiger partial charge is 0.412 e. The van der Waals surface area contributed by atoms with E-state index in [4.69, 9.17) is 16.3 Å². The number of ether oxygens (including phenoxy) is 1. The third-order valence-electron chi connectivity index (χ3n) is 6.43. The van der Waals surface area contributed by atoms with E-state index in [0.29, 0.717) is 29.2 Å². The molecule has 0 atom stereocenters. The summed E-state index contributed by atoms with van der Waals surface area (Å²) in [5.41, 5.74) is 5.24. The molecule has 1 fully saturated rings. The number of carboxylic acid groups (broad SMARTS) is 1. The van der Waals surface area contributed by atoms with Crippen molar-refractivity contribution >= 4 is 40.9 Å². The zero-order valence-corrected chi connectivity index (χ0v) is 21.0. The molecule has 0 spiro atoms. The zero-order chi connectivity index (χ0) is 25.3. The van der Waals surface area contributed by atoms with Crippen LogP contribution >= 0.6 is 23.1 Å². The Kier molecular flexibility index (Phi) is 6.51. The average molecular weight is 519 g/mol. The van der Waals surface area contributed by atoms with Crippen LogP contribution in [0, 0.1) is 6.92 Å². The third kappa shape index (κ3) is 4.85. The van der Waals surface area contributed by atoms with Crippen molar-refractivity contribution in [3.8, 4) is 21.6 Å². The molecule has 0 aliphatic heterocycles. The SMILES string of the molecule is Cc1nsc(-c2ccc(-c3ccc(C4(C(=O)O)CC4)cc3)cc2)c1NC(=O)OCc1cccc(Cl)c1. The summed E-state index contributed by atoms with van der Waals surface area (Å²) < 4.78 is 9.78. The molecule has 1 aliphatic carbocycles. The first-order valence-corrected chi connectivity index (χ1v) is 12.6. The van der Waals surface area contributed by atoms with Crippen LogP contribution in [-0.4, -0.2) is 21.5 Å². The highest BCUT2D eigenvalue weighted by atomic mass is 35.5. The highest BCUT2D eigenvalue weighted by molar-refractivity contribution is 7.10. The van der Waals surface area contributed by atoms with E-state index >= 15 is 0 Å². The van der Waals surface area contributed by atoms with E-state index in [1.54, 1.807) is 12.1 Å². The number of aliphatic carboxylic acids is 1. The van der Waals surface area contributed by atoms with E-state index in [-0.39, 0.29) is 6.61 Å². The number of rotatable bonds is 7. The fourth-order valence-corrected chi connectivity index (χ4v) is 5.24. The van der Waals surface area contributed by atoms with Gasteiger partial charge in [0.1, 0.15) is 6.61 Å². The first kappa shape index (κ1) is 24.0. The number of benzene rings is 3.